The Morgan fingerprint density at radius 3 is 2.44 bits per heavy atom. The number of Topliss-reactive ketones (excluding diaryl/α,β-unsaturated/α-hetero) is 1. The van der Waals surface area contributed by atoms with Crippen molar-refractivity contribution < 1.29 is 28.6 Å². The maximum Gasteiger partial charge on any atom is 0.334 e. The lowest BCUT2D eigenvalue weighted by Gasteiger charge is -2.39. The monoisotopic (exact) mass is 372 g/mol. The fourth-order valence-corrected chi connectivity index (χ4v) is 3.72. The molecule has 0 unspecified atom stereocenters. The number of esters is 2. The average Bonchev–Trinajstić information content (AvgIpc) is 2.63. The topological polar surface area (TPSA) is 78.9 Å². The van der Waals surface area contributed by atoms with Crippen molar-refractivity contribution in [3.8, 4) is 5.75 Å². The van der Waals surface area contributed by atoms with Crippen LogP contribution in [0, 0.1) is 25.7 Å². The summed E-state index contributed by atoms with van der Waals surface area (Å²) in [5.41, 5.74) is 2.62. The van der Waals surface area contributed by atoms with Gasteiger partial charge in [0.05, 0.1) is 24.7 Å². The van der Waals surface area contributed by atoms with E-state index in [1.807, 2.05) is 19.9 Å². The zero-order chi connectivity index (χ0) is 19.7. The Kier molecular flexibility index (Phi) is 5.35. The molecule has 2 aliphatic rings. The molecule has 0 amide bonds. The minimum Gasteiger partial charge on any atom is -0.489 e. The molecule has 1 aromatic carbocycles. The van der Waals surface area contributed by atoms with Crippen molar-refractivity contribution in [3.63, 3.8) is 0 Å². The standard InChI is InChI=1S/C21H24O6/c1-5-25-20(23)13-7-8-15-18(17(13)21(24)26-6-2)19(22)14-9-11(3)12(4)10-16(14)27-15/h7,9-10,15,17-18H,5-6,8H2,1-4H3/t15-,17-,18+/m1/s1. The molecule has 6 heteroatoms. The molecule has 0 saturated heterocycles. The van der Waals surface area contributed by atoms with Crippen LogP contribution in [-0.4, -0.2) is 37.0 Å². The molecule has 0 N–H and O–H groups in total. The second-order valence-electron chi connectivity index (χ2n) is 6.82. The van der Waals surface area contributed by atoms with Crippen molar-refractivity contribution in [1.29, 1.82) is 0 Å². The van der Waals surface area contributed by atoms with E-state index in [-0.39, 0.29) is 24.6 Å². The maximum atomic E-state index is 13.3. The van der Waals surface area contributed by atoms with Crippen molar-refractivity contribution in [2.24, 2.45) is 11.8 Å². The largest absolute Gasteiger partial charge is 0.489 e. The molecule has 1 aliphatic carbocycles. The van der Waals surface area contributed by atoms with E-state index in [2.05, 4.69) is 0 Å². The maximum absolute atomic E-state index is 13.3. The number of hydrogen-bond donors (Lipinski definition) is 0. The highest BCUT2D eigenvalue weighted by atomic mass is 16.5. The Morgan fingerprint density at radius 2 is 1.78 bits per heavy atom. The molecule has 1 aromatic rings. The van der Waals surface area contributed by atoms with Crippen LogP contribution < -0.4 is 4.74 Å². The zero-order valence-electron chi connectivity index (χ0n) is 16.0. The normalized spacial score (nSPS) is 23.5. The van der Waals surface area contributed by atoms with E-state index in [9.17, 15) is 14.4 Å². The second-order valence-corrected chi connectivity index (χ2v) is 6.82. The van der Waals surface area contributed by atoms with Gasteiger partial charge in [-0.25, -0.2) is 4.79 Å². The van der Waals surface area contributed by atoms with E-state index in [0.29, 0.717) is 17.7 Å². The Morgan fingerprint density at radius 1 is 1.11 bits per heavy atom. The fourth-order valence-electron chi connectivity index (χ4n) is 3.72. The number of carbonyl (C=O) groups excluding carboxylic acids is 3. The van der Waals surface area contributed by atoms with E-state index in [1.165, 1.54) is 0 Å². The first-order valence-electron chi connectivity index (χ1n) is 9.24. The molecule has 0 spiro atoms. The van der Waals surface area contributed by atoms with Crippen LogP contribution in [0.5, 0.6) is 5.75 Å². The fraction of sp³-hybridized carbons (Fsp3) is 0.476. The quantitative estimate of drug-likeness (QED) is 0.756. The van der Waals surface area contributed by atoms with Gasteiger partial charge in [0.15, 0.2) is 5.78 Å². The second kappa shape index (κ2) is 7.55. The van der Waals surface area contributed by atoms with Gasteiger partial charge < -0.3 is 14.2 Å². The van der Waals surface area contributed by atoms with E-state index in [0.717, 1.165) is 11.1 Å². The number of benzene rings is 1. The first-order chi connectivity index (χ1) is 12.9. The Hall–Kier alpha value is -2.63. The van der Waals surface area contributed by atoms with Crippen LogP contribution in [0.4, 0.5) is 0 Å². The van der Waals surface area contributed by atoms with Crippen LogP contribution in [0.1, 0.15) is 41.8 Å². The molecule has 3 rings (SSSR count). The van der Waals surface area contributed by atoms with Gasteiger partial charge in [-0.05, 0) is 51.0 Å². The van der Waals surface area contributed by atoms with Gasteiger partial charge in [-0.15, -0.1) is 0 Å². The van der Waals surface area contributed by atoms with Crippen molar-refractivity contribution in [2.45, 2.75) is 40.2 Å². The van der Waals surface area contributed by atoms with E-state index in [4.69, 9.17) is 14.2 Å². The summed E-state index contributed by atoms with van der Waals surface area (Å²) in [6, 6.07) is 3.64. The van der Waals surface area contributed by atoms with Crippen LogP contribution in [0.15, 0.2) is 23.8 Å². The van der Waals surface area contributed by atoms with Crippen LogP contribution in [0.2, 0.25) is 0 Å². The molecule has 0 saturated carbocycles. The predicted molar refractivity (Wildman–Crippen MR) is 97.6 cm³/mol. The van der Waals surface area contributed by atoms with Crippen LogP contribution in [0.3, 0.4) is 0 Å². The van der Waals surface area contributed by atoms with Crippen molar-refractivity contribution in [1.82, 2.24) is 0 Å². The highest BCUT2D eigenvalue weighted by Crippen LogP contribution is 2.42. The lowest BCUT2D eigenvalue weighted by atomic mass is 9.71. The third-order valence-corrected chi connectivity index (χ3v) is 5.16. The molecule has 0 bridgehead atoms. The first kappa shape index (κ1) is 19.1. The Labute approximate surface area is 158 Å². The average molecular weight is 372 g/mol. The van der Waals surface area contributed by atoms with Crippen LogP contribution in [0.25, 0.3) is 0 Å². The summed E-state index contributed by atoms with van der Waals surface area (Å²) >= 11 is 0. The molecular weight excluding hydrogens is 348 g/mol. The molecular formula is C21H24O6. The van der Waals surface area contributed by atoms with E-state index in [1.54, 1.807) is 26.0 Å². The zero-order valence-corrected chi connectivity index (χ0v) is 16.0. The summed E-state index contributed by atoms with van der Waals surface area (Å²) in [6.45, 7) is 7.60. The van der Waals surface area contributed by atoms with Crippen molar-refractivity contribution in [2.75, 3.05) is 13.2 Å². The number of aryl methyl sites for hydroxylation is 2. The highest BCUT2D eigenvalue weighted by Gasteiger charge is 2.50. The minimum atomic E-state index is -1.02. The first-order valence-corrected chi connectivity index (χ1v) is 9.24. The van der Waals surface area contributed by atoms with Crippen LogP contribution >= 0.6 is 0 Å². The number of fused-ring (bicyclic) bond motifs is 2. The summed E-state index contributed by atoms with van der Waals surface area (Å²) in [5.74, 6) is -2.69. The van der Waals surface area contributed by atoms with Gasteiger partial charge in [0.1, 0.15) is 17.8 Å². The number of carbonyl (C=O) groups is 3. The summed E-state index contributed by atoms with van der Waals surface area (Å²) in [6.07, 6.45) is 1.48. The molecule has 0 radical (unpaired) electrons. The van der Waals surface area contributed by atoms with Gasteiger partial charge in [0, 0.05) is 12.0 Å². The molecule has 1 aliphatic heterocycles. The Bertz CT molecular complexity index is 822. The van der Waals surface area contributed by atoms with Gasteiger partial charge in [0.25, 0.3) is 0 Å². The van der Waals surface area contributed by atoms with E-state index < -0.39 is 29.9 Å². The van der Waals surface area contributed by atoms with Crippen molar-refractivity contribution in [3.05, 3.63) is 40.5 Å². The predicted octanol–water partition coefficient (Wildman–Crippen LogP) is 2.94. The summed E-state index contributed by atoms with van der Waals surface area (Å²) < 4.78 is 16.3. The Balaban J connectivity index is 2.05. The van der Waals surface area contributed by atoms with Crippen LogP contribution in [-0.2, 0) is 19.1 Å². The molecule has 0 aromatic heterocycles. The van der Waals surface area contributed by atoms with Crippen molar-refractivity contribution >= 4 is 17.7 Å². The molecule has 0 fully saturated rings. The lowest BCUT2D eigenvalue weighted by Crippen LogP contribution is -2.49. The van der Waals surface area contributed by atoms with Gasteiger partial charge in [-0.1, -0.05) is 6.08 Å². The molecule has 3 atom stereocenters. The smallest absolute Gasteiger partial charge is 0.334 e. The highest BCUT2D eigenvalue weighted by molar-refractivity contribution is 6.07. The third kappa shape index (κ3) is 3.36. The molecule has 27 heavy (non-hydrogen) atoms. The molecule has 1 heterocycles. The number of hydrogen-bond acceptors (Lipinski definition) is 6. The van der Waals surface area contributed by atoms with Gasteiger partial charge in [-0.2, -0.15) is 0 Å². The minimum absolute atomic E-state index is 0.159. The number of rotatable bonds is 4. The molecule has 6 nitrogen and oxygen atoms in total. The lowest BCUT2D eigenvalue weighted by molar-refractivity contribution is -0.153. The van der Waals surface area contributed by atoms with E-state index >= 15 is 0 Å². The number of ketones is 1. The van der Waals surface area contributed by atoms with Gasteiger partial charge in [-0.3, -0.25) is 9.59 Å². The van der Waals surface area contributed by atoms with Gasteiger partial charge in [0.2, 0.25) is 0 Å². The summed E-state index contributed by atoms with van der Waals surface area (Å²) in [7, 11) is 0. The third-order valence-electron chi connectivity index (χ3n) is 5.16. The number of ether oxygens (including phenoxy) is 3. The summed E-state index contributed by atoms with van der Waals surface area (Å²) in [5, 5.41) is 0. The SMILES string of the molecule is CCOC(=O)C1=CC[C@H]2Oc3cc(C)c(C)cc3C(=O)[C@@H]2[C@@H]1C(=O)OCC. The van der Waals surface area contributed by atoms with Gasteiger partial charge >= 0.3 is 11.9 Å². The summed E-state index contributed by atoms with van der Waals surface area (Å²) in [4.78, 5) is 38.4. The molecule has 144 valence electrons.